The second-order valence-corrected chi connectivity index (χ2v) is 7.15. The van der Waals surface area contributed by atoms with Crippen molar-refractivity contribution in [2.45, 2.75) is 6.04 Å². The van der Waals surface area contributed by atoms with E-state index in [9.17, 15) is 4.79 Å². The lowest BCUT2D eigenvalue weighted by Crippen LogP contribution is -2.49. The summed E-state index contributed by atoms with van der Waals surface area (Å²) in [5, 5.41) is 3.10. The Morgan fingerprint density at radius 2 is 1.68 bits per heavy atom. The normalized spacial score (nSPS) is 16.6. The van der Waals surface area contributed by atoms with Crippen LogP contribution in [0.1, 0.15) is 22.1 Å². The molecule has 0 radical (unpaired) electrons. The molecule has 1 amide bonds. The average Bonchev–Trinajstić information content (AvgIpc) is 3.14. The van der Waals surface area contributed by atoms with Gasteiger partial charge in [-0.15, -0.1) is 0 Å². The Morgan fingerprint density at radius 1 is 1.04 bits per heavy atom. The monoisotopic (exact) mass is 386 g/mol. The van der Waals surface area contributed by atoms with Crippen molar-refractivity contribution in [1.29, 1.82) is 0 Å². The van der Waals surface area contributed by atoms with Crippen LogP contribution < -0.4 is 14.8 Å². The molecule has 0 saturated carbocycles. The van der Waals surface area contributed by atoms with Crippen molar-refractivity contribution in [1.82, 2.24) is 19.7 Å². The van der Waals surface area contributed by atoms with Gasteiger partial charge < -0.3 is 24.3 Å². The van der Waals surface area contributed by atoms with Gasteiger partial charge in [-0.3, -0.25) is 9.69 Å². The van der Waals surface area contributed by atoms with Crippen LogP contribution >= 0.6 is 0 Å². The molecule has 7 heteroatoms. The van der Waals surface area contributed by atoms with Gasteiger partial charge in [-0.2, -0.15) is 0 Å². The number of hydrogen-bond donors (Lipinski definition) is 1. The number of rotatable bonds is 7. The van der Waals surface area contributed by atoms with E-state index in [-0.39, 0.29) is 11.9 Å². The number of hydrogen-bond acceptors (Lipinski definition) is 5. The molecule has 152 valence electrons. The fourth-order valence-corrected chi connectivity index (χ4v) is 3.73. The van der Waals surface area contributed by atoms with Crippen molar-refractivity contribution < 1.29 is 14.3 Å². The highest BCUT2D eigenvalue weighted by molar-refractivity contribution is 5.99. The summed E-state index contributed by atoms with van der Waals surface area (Å²) >= 11 is 0. The van der Waals surface area contributed by atoms with Crippen molar-refractivity contribution in [2.75, 3.05) is 54.0 Å². The Hall–Kier alpha value is -2.51. The number of nitrogens with one attached hydrogen (secondary N) is 1. The van der Waals surface area contributed by atoms with Gasteiger partial charge in [-0.05, 0) is 31.3 Å². The number of carbonyl (C=O) groups excluding carboxylic acids is 1. The van der Waals surface area contributed by atoms with Crippen LogP contribution in [0.2, 0.25) is 0 Å². The molecule has 0 spiro atoms. The lowest BCUT2D eigenvalue weighted by Gasteiger charge is -2.38. The zero-order valence-electron chi connectivity index (χ0n) is 17.1. The van der Waals surface area contributed by atoms with E-state index in [1.807, 2.05) is 25.4 Å². The SMILES string of the molecule is COc1cccc(OC)c1C(=O)NCC(c1cccn1C)N1CCN(C)CC1. The number of methoxy groups -OCH3 is 2. The molecule has 2 heterocycles. The van der Waals surface area contributed by atoms with Crippen molar-refractivity contribution in [3.8, 4) is 11.5 Å². The number of likely N-dealkylation sites (N-methyl/N-ethyl adjacent to an activating group) is 1. The highest BCUT2D eigenvalue weighted by Gasteiger charge is 2.27. The van der Waals surface area contributed by atoms with E-state index in [0.717, 1.165) is 26.2 Å². The predicted octanol–water partition coefficient (Wildman–Crippen LogP) is 1.76. The summed E-state index contributed by atoms with van der Waals surface area (Å²) < 4.78 is 12.9. The third-order valence-electron chi connectivity index (χ3n) is 5.41. The van der Waals surface area contributed by atoms with Gasteiger partial charge in [-0.1, -0.05) is 6.07 Å². The molecule has 28 heavy (non-hydrogen) atoms. The Morgan fingerprint density at radius 3 is 2.21 bits per heavy atom. The van der Waals surface area contributed by atoms with Gasteiger partial charge in [-0.25, -0.2) is 0 Å². The molecule has 1 N–H and O–H groups in total. The van der Waals surface area contributed by atoms with Gasteiger partial charge in [0, 0.05) is 51.7 Å². The molecular formula is C21H30N4O3. The number of amides is 1. The number of piperazine rings is 1. The first kappa shape index (κ1) is 20.2. The smallest absolute Gasteiger partial charge is 0.258 e. The molecule has 1 aromatic heterocycles. The van der Waals surface area contributed by atoms with Crippen LogP contribution in [0.15, 0.2) is 36.5 Å². The summed E-state index contributed by atoms with van der Waals surface area (Å²) in [5.74, 6) is 0.821. The number of aryl methyl sites for hydroxylation is 1. The minimum Gasteiger partial charge on any atom is -0.496 e. The molecule has 0 aliphatic carbocycles. The molecule has 3 rings (SSSR count). The third kappa shape index (κ3) is 4.31. The second-order valence-electron chi connectivity index (χ2n) is 7.15. The Labute approximate surface area is 166 Å². The van der Waals surface area contributed by atoms with Gasteiger partial charge in [0.2, 0.25) is 0 Å². The molecular weight excluding hydrogens is 356 g/mol. The molecule has 1 atom stereocenters. The molecule has 1 saturated heterocycles. The Bertz CT molecular complexity index is 774. The second kappa shape index (κ2) is 9.12. The molecule has 2 aromatic rings. The van der Waals surface area contributed by atoms with Gasteiger partial charge in [0.1, 0.15) is 17.1 Å². The van der Waals surface area contributed by atoms with Crippen molar-refractivity contribution in [3.05, 3.63) is 47.8 Å². The number of benzene rings is 1. The molecule has 1 unspecified atom stereocenters. The minimum absolute atomic E-state index is 0.110. The largest absolute Gasteiger partial charge is 0.496 e. The van der Waals surface area contributed by atoms with E-state index >= 15 is 0 Å². The molecule has 1 aromatic carbocycles. The summed E-state index contributed by atoms with van der Waals surface area (Å²) in [6, 6.07) is 9.63. The van der Waals surface area contributed by atoms with E-state index in [1.54, 1.807) is 26.4 Å². The van der Waals surface area contributed by atoms with Gasteiger partial charge >= 0.3 is 0 Å². The number of aromatic nitrogens is 1. The molecule has 0 bridgehead atoms. The summed E-state index contributed by atoms with van der Waals surface area (Å²) in [4.78, 5) is 17.8. The van der Waals surface area contributed by atoms with Crippen LogP contribution in [0, 0.1) is 0 Å². The maximum atomic E-state index is 13.0. The average molecular weight is 386 g/mol. The van der Waals surface area contributed by atoms with E-state index in [1.165, 1.54) is 5.69 Å². The zero-order valence-corrected chi connectivity index (χ0v) is 17.1. The molecule has 7 nitrogen and oxygen atoms in total. The van der Waals surface area contributed by atoms with Crippen LogP contribution in [0.3, 0.4) is 0 Å². The molecule has 1 fully saturated rings. The molecule has 1 aliphatic rings. The zero-order chi connectivity index (χ0) is 20.1. The maximum Gasteiger partial charge on any atom is 0.258 e. The first-order valence-electron chi connectivity index (χ1n) is 9.58. The highest BCUT2D eigenvalue weighted by atomic mass is 16.5. The standard InChI is InChI=1S/C21H30N4O3/c1-23-11-13-25(14-12-23)17(16-7-6-10-24(16)2)15-22-21(26)20-18(27-3)8-5-9-19(20)28-4/h5-10,17H,11-15H2,1-4H3,(H,22,26). The fraction of sp³-hybridized carbons (Fsp3) is 0.476. The fourth-order valence-electron chi connectivity index (χ4n) is 3.73. The summed E-state index contributed by atoms with van der Waals surface area (Å²) in [5.41, 5.74) is 1.62. The highest BCUT2D eigenvalue weighted by Crippen LogP contribution is 2.28. The van der Waals surface area contributed by atoms with Crippen molar-refractivity contribution in [3.63, 3.8) is 0 Å². The Balaban J connectivity index is 1.79. The quantitative estimate of drug-likeness (QED) is 0.786. The maximum absolute atomic E-state index is 13.0. The van der Waals surface area contributed by atoms with Crippen LogP contribution in [-0.4, -0.2) is 74.3 Å². The lowest BCUT2D eigenvalue weighted by atomic mass is 10.1. The van der Waals surface area contributed by atoms with Crippen LogP contribution in [0.25, 0.3) is 0 Å². The number of ether oxygens (including phenoxy) is 2. The van der Waals surface area contributed by atoms with Crippen LogP contribution in [0.5, 0.6) is 11.5 Å². The van der Waals surface area contributed by atoms with E-state index < -0.39 is 0 Å². The van der Waals surface area contributed by atoms with Crippen molar-refractivity contribution >= 4 is 5.91 Å². The Kier molecular flexibility index (Phi) is 6.59. The van der Waals surface area contributed by atoms with E-state index in [2.05, 4.69) is 32.8 Å². The predicted molar refractivity (Wildman–Crippen MR) is 109 cm³/mol. The molecule has 1 aliphatic heterocycles. The summed E-state index contributed by atoms with van der Waals surface area (Å²) in [6.45, 7) is 4.51. The summed E-state index contributed by atoms with van der Waals surface area (Å²) in [6.07, 6.45) is 2.05. The summed E-state index contributed by atoms with van der Waals surface area (Å²) in [7, 11) is 7.30. The van der Waals surface area contributed by atoms with Gasteiger partial charge in [0.15, 0.2) is 0 Å². The van der Waals surface area contributed by atoms with Gasteiger partial charge in [0.25, 0.3) is 5.91 Å². The topological polar surface area (TPSA) is 59.0 Å². The number of nitrogens with zero attached hydrogens (tertiary/aromatic N) is 3. The van der Waals surface area contributed by atoms with E-state index in [4.69, 9.17) is 9.47 Å². The lowest BCUT2D eigenvalue weighted by molar-refractivity contribution is 0.0872. The van der Waals surface area contributed by atoms with Crippen molar-refractivity contribution in [2.24, 2.45) is 7.05 Å². The first-order chi connectivity index (χ1) is 13.5. The third-order valence-corrected chi connectivity index (χ3v) is 5.41. The van der Waals surface area contributed by atoms with Crippen LogP contribution in [-0.2, 0) is 7.05 Å². The van der Waals surface area contributed by atoms with Gasteiger partial charge in [0.05, 0.1) is 20.3 Å². The minimum atomic E-state index is -0.192. The van der Waals surface area contributed by atoms with Crippen LogP contribution in [0.4, 0.5) is 0 Å². The number of carbonyl (C=O) groups is 1. The van der Waals surface area contributed by atoms with E-state index in [0.29, 0.717) is 23.6 Å². The first-order valence-corrected chi connectivity index (χ1v) is 9.58.